The molecule has 8 fully saturated rings. The number of hydrogen-bond donors (Lipinski definition) is 7. The summed E-state index contributed by atoms with van der Waals surface area (Å²) in [6, 6.07) is 74.8. The van der Waals surface area contributed by atoms with Crippen molar-refractivity contribution in [1.29, 1.82) is 0 Å². The van der Waals surface area contributed by atoms with Gasteiger partial charge in [0.25, 0.3) is 0 Å². The molecular weight excluding hydrogens is 1610 g/mol. The van der Waals surface area contributed by atoms with Crippen molar-refractivity contribution in [2.75, 3.05) is 62.0 Å². The molecule has 17 heteroatoms. The molecular formula is C111H151ClN8O8. The number of benzene rings is 8. The maximum Gasteiger partial charge on any atom is 0.157 e. The van der Waals surface area contributed by atoms with Crippen LogP contribution in [-0.4, -0.2) is 107 Å². The molecule has 0 amide bonds. The molecule has 0 spiro atoms. The van der Waals surface area contributed by atoms with Gasteiger partial charge < -0.3 is 42.4 Å². The van der Waals surface area contributed by atoms with Crippen LogP contribution in [0.15, 0.2) is 224 Å². The molecule has 1 unspecified atom stereocenters. The number of likely N-dealkylation sites (N-methyl/N-ethyl adjacent to an activating group) is 5. The number of ether oxygens (including phenoxy) is 1. The number of carbonyl (C=O) groups excluding carboxylic acids is 7. The van der Waals surface area contributed by atoms with Gasteiger partial charge in [-0.3, -0.25) is 38.5 Å². The number of nitrogens with one attached hydrogen (secondary N) is 6. The fourth-order valence-corrected chi connectivity index (χ4v) is 21.5. The van der Waals surface area contributed by atoms with E-state index in [0.29, 0.717) is 78.9 Å². The number of halogens is 1. The topological polar surface area (TPSA) is 230 Å². The number of nitrogens with two attached hydrogens (primary N) is 1. The number of nitrogens with zero attached hydrogens (tertiary/aromatic N) is 1. The first-order valence-corrected chi connectivity index (χ1v) is 48.5. The monoisotopic (exact) mass is 1760 g/mol. The minimum atomic E-state index is -0.709. The summed E-state index contributed by atoms with van der Waals surface area (Å²) in [5.74, 6) is 3.78. The highest BCUT2D eigenvalue weighted by molar-refractivity contribution is 6.30. The van der Waals surface area contributed by atoms with Gasteiger partial charge in [0, 0.05) is 55.5 Å². The van der Waals surface area contributed by atoms with Crippen LogP contribution >= 0.6 is 11.6 Å². The van der Waals surface area contributed by atoms with Crippen molar-refractivity contribution in [2.24, 2.45) is 11.7 Å². The van der Waals surface area contributed by atoms with E-state index in [1.807, 2.05) is 193 Å². The smallest absolute Gasteiger partial charge is 0.157 e. The van der Waals surface area contributed by atoms with Gasteiger partial charge in [0.1, 0.15) is 44.5 Å². The Labute approximate surface area is 772 Å². The molecule has 16 rings (SSSR count). The Morgan fingerprint density at radius 2 is 0.734 bits per heavy atom. The zero-order chi connectivity index (χ0) is 92.1. The molecule has 0 heterocycles. The molecule has 8 aromatic rings. The Bertz CT molecular complexity index is 4750. The summed E-state index contributed by atoms with van der Waals surface area (Å²) in [6.07, 6.45) is 32.5. The summed E-state index contributed by atoms with van der Waals surface area (Å²) < 4.78 is 5.17. The molecule has 8 aliphatic rings. The van der Waals surface area contributed by atoms with E-state index >= 15 is 0 Å². The van der Waals surface area contributed by atoms with Crippen molar-refractivity contribution in [3.63, 3.8) is 0 Å². The second kappa shape index (κ2) is 50.6. The van der Waals surface area contributed by atoms with Gasteiger partial charge in [0.05, 0.1) is 7.11 Å². The van der Waals surface area contributed by atoms with Crippen LogP contribution in [0.25, 0.3) is 0 Å². The van der Waals surface area contributed by atoms with Crippen LogP contribution < -0.4 is 42.4 Å². The molecule has 8 aliphatic carbocycles. The lowest BCUT2D eigenvalue weighted by molar-refractivity contribution is -0.133. The fraction of sp³-hybridized carbons (Fsp3) is 0.505. The van der Waals surface area contributed by atoms with Crippen LogP contribution in [0.1, 0.15) is 290 Å². The van der Waals surface area contributed by atoms with E-state index in [1.54, 1.807) is 7.11 Å². The first kappa shape index (κ1) is 103. The van der Waals surface area contributed by atoms with E-state index in [1.165, 1.54) is 42.4 Å². The summed E-state index contributed by atoms with van der Waals surface area (Å²) in [7, 11) is 11.5. The van der Waals surface area contributed by atoms with E-state index in [-0.39, 0.29) is 22.6 Å². The molecule has 690 valence electrons. The average Bonchev–Trinajstić information content (AvgIpc) is 0.767. The summed E-state index contributed by atoms with van der Waals surface area (Å²) in [6.45, 7) is 13.3. The molecule has 8 aromatic carbocycles. The lowest BCUT2D eigenvalue weighted by Crippen LogP contribution is -2.51. The molecule has 0 radical (unpaired) electrons. The molecule has 16 nitrogen and oxygen atoms in total. The maximum atomic E-state index is 12.4. The van der Waals surface area contributed by atoms with Crippen LogP contribution in [0, 0.1) is 12.8 Å². The molecule has 8 N–H and O–H groups in total. The quantitative estimate of drug-likeness (QED) is 0.0376. The lowest BCUT2D eigenvalue weighted by atomic mass is 9.70. The highest BCUT2D eigenvalue weighted by Crippen LogP contribution is 2.45. The second-order valence-corrected chi connectivity index (χ2v) is 36.8. The molecule has 8 saturated carbocycles. The Kier molecular flexibility index (Phi) is 40.7. The van der Waals surface area contributed by atoms with Crippen molar-refractivity contribution in [3.8, 4) is 5.75 Å². The first-order chi connectivity index (χ1) is 61.9. The summed E-state index contributed by atoms with van der Waals surface area (Å²) in [5, 5.41) is 21.1. The molecule has 0 saturated heterocycles. The van der Waals surface area contributed by atoms with Crippen molar-refractivity contribution in [2.45, 2.75) is 291 Å². The summed E-state index contributed by atoms with van der Waals surface area (Å²) >= 11 is 5.99. The third-order valence-corrected chi connectivity index (χ3v) is 28.9. The van der Waals surface area contributed by atoms with E-state index < -0.39 is 33.2 Å². The van der Waals surface area contributed by atoms with E-state index in [2.05, 4.69) is 138 Å². The Morgan fingerprint density at radius 1 is 0.367 bits per heavy atom. The highest BCUT2D eigenvalue weighted by atomic mass is 35.5. The third kappa shape index (κ3) is 24.9. The normalized spacial score (nSPS) is 26.3. The summed E-state index contributed by atoms with van der Waals surface area (Å²) in [5.41, 5.74) is 13.3. The minimum Gasteiger partial charge on any atom is -0.497 e. The number of carbonyl (C=O) groups is 7. The Morgan fingerprint density at radius 3 is 1.15 bits per heavy atom. The zero-order valence-electron chi connectivity index (χ0n) is 79.1. The van der Waals surface area contributed by atoms with E-state index in [0.717, 1.165) is 206 Å². The van der Waals surface area contributed by atoms with Crippen molar-refractivity contribution < 1.29 is 38.3 Å². The number of aryl methyl sites for hydroxylation is 1. The SMILES string of the molecule is CCCN[C@@]1(c2ccccc2)CCCCC1=O.CCN[C@@]1(c2ccc(OC)cc2)CCCCC1=O.CCN[C@@]1(c2ccccc2C)CCCCC1=O.CN(C)[C@@]1(c2ccccc2)CCCCC1=O.CN[C@@]1(c2cccc(Cl)c2)CCCCC1=O.CN[C@@]1(c2ccccc2)CCCCC1=O.CN[C@@]1(c2ccccc2)CCCCC1C.N[C@@]1(c2ccccc2)CCCCC1=O. The van der Waals surface area contributed by atoms with Crippen molar-refractivity contribution in [1.82, 2.24) is 36.8 Å². The number of ketones is 7. The second-order valence-electron chi connectivity index (χ2n) is 36.4. The Hall–Kier alpha value is -8.78. The third-order valence-electron chi connectivity index (χ3n) is 28.6. The molecule has 0 aromatic heterocycles. The number of rotatable bonds is 20. The predicted molar refractivity (Wildman–Crippen MR) is 524 cm³/mol. The van der Waals surface area contributed by atoms with Crippen LogP contribution in [0.5, 0.6) is 5.75 Å². The van der Waals surface area contributed by atoms with E-state index in [4.69, 9.17) is 22.1 Å². The first-order valence-electron chi connectivity index (χ1n) is 48.2. The molecule has 0 bridgehead atoms. The largest absolute Gasteiger partial charge is 0.497 e. The van der Waals surface area contributed by atoms with Gasteiger partial charge in [-0.25, -0.2) is 0 Å². The number of methoxy groups -OCH3 is 1. The number of hydrogen-bond acceptors (Lipinski definition) is 16. The van der Waals surface area contributed by atoms with Gasteiger partial charge >= 0.3 is 0 Å². The van der Waals surface area contributed by atoms with Gasteiger partial charge in [-0.05, 0) is 251 Å². The highest BCUT2D eigenvalue weighted by Gasteiger charge is 2.47. The lowest BCUT2D eigenvalue weighted by Gasteiger charge is -2.43. The van der Waals surface area contributed by atoms with Crippen LogP contribution in [0.2, 0.25) is 5.02 Å². The van der Waals surface area contributed by atoms with Crippen molar-refractivity contribution >= 4 is 52.1 Å². The summed E-state index contributed by atoms with van der Waals surface area (Å²) in [4.78, 5) is 87.6. The average molecular weight is 1760 g/mol. The van der Waals surface area contributed by atoms with Crippen LogP contribution in [0.3, 0.4) is 0 Å². The van der Waals surface area contributed by atoms with E-state index in [9.17, 15) is 33.6 Å². The predicted octanol–water partition coefficient (Wildman–Crippen LogP) is 21.6. The fourth-order valence-electron chi connectivity index (χ4n) is 21.3. The number of Topliss-reactive ketones (excluding diaryl/α,β-unsaturated/α-hetero) is 7. The molecule has 128 heavy (non-hydrogen) atoms. The zero-order valence-corrected chi connectivity index (χ0v) is 79.8. The van der Waals surface area contributed by atoms with Gasteiger partial charge in [0.2, 0.25) is 0 Å². The van der Waals surface area contributed by atoms with Gasteiger partial charge in [-0.15, -0.1) is 0 Å². The van der Waals surface area contributed by atoms with Gasteiger partial charge in [0.15, 0.2) is 40.5 Å². The molecule has 9 atom stereocenters. The molecule has 0 aliphatic heterocycles. The maximum absolute atomic E-state index is 12.4. The van der Waals surface area contributed by atoms with Crippen LogP contribution in [0.4, 0.5) is 0 Å². The minimum absolute atomic E-state index is 0.190. The standard InChI is InChI=1S/C15H21NO2.2C15H21NO.C14H19NO.C14H21N.C13H16ClNO.C13H17NO.C12H15NO/c1-3-16-15(11-5-4-6-14(15)17)12-7-9-13(18-2)10-8-12;1-3-16-15(11-7-6-10-14(15)17)13-9-5-4-8-12(13)2;1-2-12-16-15(11-7-6-10-14(15)17)13-8-4-3-5-9-13;1-15(2)14(11-7-6-10-13(14)16)12-8-4-3-5-9-12;1-12-8-6-7-11-14(12,15-2)13-9-4-3-5-10-13;1-15-13(8-3-2-7-12(13)16)10-5-4-6-11(14)9-10;1-14-13(10-6-5-9-12(13)15)11-7-3-2-4-8-11;13-12(9-5-4-8-11(12)14)10-6-2-1-3-7-10/h7-10,16H,3-6,11H2,1-2H3;4-5,8-9,16H,3,6-7,10-11H2,1-2H3;3-5,8-9,16H,2,6-7,10-12H2,1H3;3-5,8-9H,6-7,10-11H2,1-2H3;3-5,9-10,12,15H,6-8,11H2,1-2H3;4-6,9,15H,2-3,7-8H2,1H3;2-4,7-8,14H,5-6,9-10H2,1H3;1-3,6-7H,4-5,8-9,13H2/t3*15-;14-;12?,14-;2*13-;12-/m11110111/s1. The van der Waals surface area contributed by atoms with Gasteiger partial charge in [-0.1, -0.05) is 297 Å². The Balaban J connectivity index is 0.000000165. The van der Waals surface area contributed by atoms with Crippen molar-refractivity contribution in [3.05, 3.63) is 280 Å². The van der Waals surface area contributed by atoms with Crippen LogP contribution in [-0.2, 0) is 77.9 Å². The van der Waals surface area contributed by atoms with Gasteiger partial charge in [-0.2, -0.15) is 0 Å².